The molecule has 0 saturated heterocycles. The van der Waals surface area contributed by atoms with Gasteiger partial charge in [-0.25, -0.2) is 26.9 Å². The van der Waals surface area contributed by atoms with Gasteiger partial charge in [-0.15, -0.1) is 0 Å². The van der Waals surface area contributed by atoms with Crippen LogP contribution in [0.5, 0.6) is 0 Å². The normalized spacial score (nSPS) is 20.1. The molecule has 0 atom stereocenters. The Hall–Kier alpha value is -2.33. The van der Waals surface area contributed by atoms with Gasteiger partial charge in [-0.05, 0) is 31.0 Å². The fourth-order valence-corrected chi connectivity index (χ4v) is 4.09. The van der Waals surface area contributed by atoms with Gasteiger partial charge in [-0.3, -0.25) is 0 Å². The topological polar surface area (TPSA) is 110 Å². The zero-order valence-electron chi connectivity index (χ0n) is 13.3. The summed E-state index contributed by atoms with van der Waals surface area (Å²) in [6, 6.07) is 3.69. The van der Waals surface area contributed by atoms with Crippen molar-refractivity contribution in [3.8, 4) is 0 Å². The third-order valence-electron chi connectivity index (χ3n) is 4.08. The van der Waals surface area contributed by atoms with Gasteiger partial charge in [0.15, 0.2) is 0 Å². The van der Waals surface area contributed by atoms with Crippen molar-refractivity contribution in [3.63, 3.8) is 0 Å². The van der Waals surface area contributed by atoms with Crippen molar-refractivity contribution < 1.29 is 17.2 Å². The molecule has 2 aromatic rings. The second kappa shape index (κ2) is 6.52. The van der Waals surface area contributed by atoms with Gasteiger partial charge in [0.25, 0.3) is 0 Å². The number of halogens is 2. The first-order chi connectivity index (χ1) is 11.8. The number of rotatable bonds is 5. The number of anilines is 2. The summed E-state index contributed by atoms with van der Waals surface area (Å²) in [4.78, 5) is 7.46. The van der Waals surface area contributed by atoms with Crippen molar-refractivity contribution in [1.82, 2.24) is 14.7 Å². The average molecular weight is 369 g/mol. The number of nitrogen functional groups attached to an aromatic ring is 1. The number of nitrogens with two attached hydrogens (primary N) is 1. The molecular formula is C15H17F2N5O2S. The molecule has 1 aliphatic carbocycles. The number of aromatic nitrogens is 2. The molecule has 10 heteroatoms. The van der Waals surface area contributed by atoms with Crippen LogP contribution < -0.4 is 15.8 Å². The van der Waals surface area contributed by atoms with Crippen LogP contribution in [0.15, 0.2) is 29.2 Å². The third-order valence-corrected chi connectivity index (χ3v) is 5.62. The van der Waals surface area contributed by atoms with Crippen molar-refractivity contribution in [2.24, 2.45) is 0 Å². The summed E-state index contributed by atoms with van der Waals surface area (Å²) in [5.41, 5.74) is 6.36. The van der Waals surface area contributed by atoms with Crippen molar-refractivity contribution in [3.05, 3.63) is 41.6 Å². The van der Waals surface area contributed by atoms with Crippen molar-refractivity contribution in [2.75, 3.05) is 18.1 Å². The summed E-state index contributed by atoms with van der Waals surface area (Å²) in [5.74, 6) is -1.08. The molecule has 0 unspecified atom stereocenters. The molecule has 1 heterocycles. The van der Waals surface area contributed by atoms with E-state index in [9.17, 15) is 17.2 Å². The molecule has 1 saturated carbocycles. The number of nitrogens with zero attached hydrogens (tertiary/aromatic N) is 2. The smallest absolute Gasteiger partial charge is 0.243 e. The van der Waals surface area contributed by atoms with Gasteiger partial charge in [0, 0.05) is 25.1 Å². The number of sulfonamides is 1. The van der Waals surface area contributed by atoms with Crippen molar-refractivity contribution in [1.29, 1.82) is 0 Å². The fourth-order valence-electron chi connectivity index (χ4n) is 2.74. The molecule has 25 heavy (non-hydrogen) atoms. The van der Waals surface area contributed by atoms with E-state index in [1.807, 2.05) is 0 Å². The first kappa shape index (κ1) is 17.5. The van der Waals surface area contributed by atoms with E-state index in [-0.39, 0.29) is 17.9 Å². The van der Waals surface area contributed by atoms with E-state index < -0.39 is 26.6 Å². The summed E-state index contributed by atoms with van der Waals surface area (Å²) in [6.07, 6.45) is 0.964. The Bertz CT molecular complexity index is 901. The van der Waals surface area contributed by atoms with Gasteiger partial charge in [-0.1, -0.05) is 0 Å². The highest BCUT2D eigenvalue weighted by molar-refractivity contribution is 7.89. The summed E-state index contributed by atoms with van der Waals surface area (Å²) >= 11 is 0. The number of hydrogen-bond donors (Lipinski definition) is 3. The maximum atomic E-state index is 13.7. The summed E-state index contributed by atoms with van der Waals surface area (Å²) in [6.45, 7) is 0. The standard InChI is InChI=1S/C15H17F2N5O2S/c1-19-14-7-12(20-15(18)21-14)8-4-10(5-8)22-25(23,24)13-6-9(16)2-3-11(13)17/h2-3,6-8,10,22H,4-5H2,1H3,(H3,18,19,20,21). The Labute approximate surface area is 143 Å². The highest BCUT2D eigenvalue weighted by atomic mass is 32.2. The lowest BCUT2D eigenvalue weighted by Gasteiger charge is -2.35. The van der Waals surface area contributed by atoms with E-state index in [0.717, 1.165) is 12.1 Å². The van der Waals surface area contributed by atoms with E-state index in [0.29, 0.717) is 30.4 Å². The first-order valence-electron chi connectivity index (χ1n) is 7.58. The molecule has 1 aromatic heterocycles. The number of benzene rings is 1. The molecule has 1 aromatic carbocycles. The zero-order valence-corrected chi connectivity index (χ0v) is 14.1. The molecule has 1 aliphatic rings. The molecule has 0 radical (unpaired) electrons. The van der Waals surface area contributed by atoms with Crippen LogP contribution in [0.3, 0.4) is 0 Å². The summed E-state index contributed by atoms with van der Waals surface area (Å²) in [5, 5.41) is 2.87. The largest absolute Gasteiger partial charge is 0.373 e. The van der Waals surface area contributed by atoms with Gasteiger partial charge in [0.05, 0.1) is 5.69 Å². The fraction of sp³-hybridized carbons (Fsp3) is 0.333. The minimum atomic E-state index is -4.13. The number of hydrogen-bond acceptors (Lipinski definition) is 6. The molecule has 134 valence electrons. The molecule has 0 bridgehead atoms. The second-order valence-electron chi connectivity index (χ2n) is 5.85. The van der Waals surface area contributed by atoms with Crippen molar-refractivity contribution in [2.45, 2.75) is 29.7 Å². The zero-order chi connectivity index (χ0) is 18.2. The Morgan fingerprint density at radius 2 is 1.92 bits per heavy atom. The van der Waals surface area contributed by atoms with Crippen molar-refractivity contribution >= 4 is 21.8 Å². The Balaban J connectivity index is 1.69. The predicted molar refractivity (Wildman–Crippen MR) is 88.4 cm³/mol. The molecular weight excluding hydrogens is 352 g/mol. The van der Waals surface area contributed by atoms with E-state index >= 15 is 0 Å². The molecule has 0 aliphatic heterocycles. The van der Waals surface area contributed by atoms with E-state index in [2.05, 4.69) is 20.0 Å². The quantitative estimate of drug-likeness (QED) is 0.738. The van der Waals surface area contributed by atoms with Gasteiger partial charge in [-0.2, -0.15) is 4.98 Å². The lowest BCUT2D eigenvalue weighted by Crippen LogP contribution is -2.43. The van der Waals surface area contributed by atoms with Crippen LogP contribution in [0.1, 0.15) is 24.5 Å². The maximum absolute atomic E-state index is 13.7. The van der Waals surface area contributed by atoms with Crippen LogP contribution in [-0.2, 0) is 10.0 Å². The summed E-state index contributed by atoms with van der Waals surface area (Å²) in [7, 11) is -2.43. The van der Waals surface area contributed by atoms with Gasteiger partial charge in [0.2, 0.25) is 16.0 Å². The maximum Gasteiger partial charge on any atom is 0.243 e. The second-order valence-corrected chi connectivity index (χ2v) is 7.53. The molecule has 1 fully saturated rings. The molecule has 0 spiro atoms. The molecule has 3 rings (SSSR count). The Kier molecular flexibility index (Phi) is 4.56. The van der Waals surface area contributed by atoms with Crippen LogP contribution in [-0.4, -0.2) is 31.5 Å². The Morgan fingerprint density at radius 1 is 1.20 bits per heavy atom. The Morgan fingerprint density at radius 3 is 2.60 bits per heavy atom. The van der Waals surface area contributed by atoms with E-state index in [1.54, 1.807) is 13.1 Å². The van der Waals surface area contributed by atoms with Crippen LogP contribution in [0.25, 0.3) is 0 Å². The number of nitrogens with one attached hydrogen (secondary N) is 2. The highest BCUT2D eigenvalue weighted by Gasteiger charge is 2.35. The van der Waals surface area contributed by atoms with Gasteiger partial charge >= 0.3 is 0 Å². The first-order valence-corrected chi connectivity index (χ1v) is 9.06. The molecule has 0 amide bonds. The molecule has 7 nitrogen and oxygen atoms in total. The van der Waals surface area contributed by atoms with Gasteiger partial charge < -0.3 is 11.1 Å². The van der Waals surface area contributed by atoms with Crippen LogP contribution in [0.2, 0.25) is 0 Å². The van der Waals surface area contributed by atoms with Crippen LogP contribution in [0.4, 0.5) is 20.5 Å². The third kappa shape index (κ3) is 3.69. The lowest BCUT2D eigenvalue weighted by atomic mass is 9.78. The average Bonchev–Trinajstić information content (AvgIpc) is 2.52. The van der Waals surface area contributed by atoms with Crippen LogP contribution >= 0.6 is 0 Å². The van der Waals surface area contributed by atoms with E-state index in [1.165, 1.54) is 0 Å². The monoisotopic (exact) mass is 369 g/mol. The van der Waals surface area contributed by atoms with E-state index in [4.69, 9.17) is 5.73 Å². The SMILES string of the molecule is CNc1cc(C2CC(NS(=O)(=O)c3cc(F)ccc3F)C2)nc(N)n1. The van der Waals surface area contributed by atoms with Crippen LogP contribution in [0, 0.1) is 11.6 Å². The summed E-state index contributed by atoms with van der Waals surface area (Å²) < 4.78 is 53.8. The lowest BCUT2D eigenvalue weighted by molar-refractivity contribution is 0.320. The predicted octanol–water partition coefficient (Wildman–Crippen LogP) is 1.60. The molecule has 4 N–H and O–H groups in total. The minimum Gasteiger partial charge on any atom is -0.373 e. The minimum absolute atomic E-state index is 0.0162. The highest BCUT2D eigenvalue weighted by Crippen LogP contribution is 2.37. The van der Waals surface area contributed by atoms with Gasteiger partial charge in [0.1, 0.15) is 22.3 Å².